The van der Waals surface area contributed by atoms with Crippen LogP contribution >= 0.6 is 0 Å². The third-order valence-electron chi connectivity index (χ3n) is 3.89. The summed E-state index contributed by atoms with van der Waals surface area (Å²) in [4.78, 5) is 12.5. The van der Waals surface area contributed by atoms with Gasteiger partial charge in [0.25, 0.3) is 5.91 Å². The molecule has 0 radical (unpaired) electrons. The maximum atomic E-state index is 12.5. The number of aromatic nitrogens is 1. The molecule has 1 atom stereocenters. The molecule has 0 aliphatic carbocycles. The molecule has 1 aliphatic heterocycles. The Morgan fingerprint density at radius 2 is 2.04 bits per heavy atom. The van der Waals surface area contributed by atoms with Crippen molar-refractivity contribution in [3.63, 3.8) is 0 Å². The molecule has 0 bridgehead atoms. The van der Waals surface area contributed by atoms with E-state index in [4.69, 9.17) is 14.0 Å². The fourth-order valence-corrected chi connectivity index (χ4v) is 2.72. The van der Waals surface area contributed by atoms with E-state index in [-0.39, 0.29) is 24.1 Å². The molecule has 1 aromatic heterocycles. The Kier molecular flexibility index (Phi) is 3.85. The number of rotatable bonds is 4. The van der Waals surface area contributed by atoms with Crippen LogP contribution in [0, 0.1) is 13.8 Å². The van der Waals surface area contributed by atoms with Gasteiger partial charge in [-0.25, -0.2) is 0 Å². The topological polar surface area (TPSA) is 93.8 Å². The van der Waals surface area contributed by atoms with E-state index in [1.807, 2.05) is 20.8 Å². The van der Waals surface area contributed by atoms with Gasteiger partial charge in [0, 0.05) is 17.7 Å². The monoisotopic (exact) mass is 318 g/mol. The lowest BCUT2D eigenvalue weighted by Crippen LogP contribution is -2.28. The fourth-order valence-electron chi connectivity index (χ4n) is 2.72. The van der Waals surface area contributed by atoms with Crippen LogP contribution in [0.5, 0.6) is 17.2 Å². The maximum absolute atomic E-state index is 12.5. The lowest BCUT2D eigenvalue weighted by atomic mass is 10.0. The summed E-state index contributed by atoms with van der Waals surface area (Å²) >= 11 is 0. The van der Waals surface area contributed by atoms with Gasteiger partial charge in [0.05, 0.1) is 17.3 Å². The van der Waals surface area contributed by atoms with Gasteiger partial charge >= 0.3 is 0 Å². The number of amides is 1. The van der Waals surface area contributed by atoms with Crippen LogP contribution in [0.1, 0.15) is 46.8 Å². The largest absolute Gasteiger partial charge is 0.507 e. The summed E-state index contributed by atoms with van der Waals surface area (Å²) in [6.45, 7) is 5.67. The van der Waals surface area contributed by atoms with Crippen molar-refractivity contribution in [1.82, 2.24) is 10.5 Å². The number of hydrogen-bond donors (Lipinski definition) is 2. The molecule has 7 nitrogen and oxygen atoms in total. The standard InChI is InChI=1S/C16H18N2O5/c1-4-11(15-8(2)18-23-9(15)3)17-16(20)10-5-13-14(6-12(10)19)22-7-21-13/h5-6,11,19H,4,7H2,1-3H3,(H,17,20). The van der Waals surface area contributed by atoms with Crippen LogP contribution < -0.4 is 14.8 Å². The first-order valence-corrected chi connectivity index (χ1v) is 7.37. The highest BCUT2D eigenvalue weighted by atomic mass is 16.7. The molecule has 1 aliphatic rings. The van der Waals surface area contributed by atoms with Crippen molar-refractivity contribution in [2.24, 2.45) is 0 Å². The molecule has 0 saturated carbocycles. The summed E-state index contributed by atoms with van der Waals surface area (Å²) in [5, 5.41) is 16.9. The molecule has 2 heterocycles. The van der Waals surface area contributed by atoms with Crippen molar-refractivity contribution < 1.29 is 23.9 Å². The van der Waals surface area contributed by atoms with Crippen LogP contribution in [0.4, 0.5) is 0 Å². The molecule has 1 aromatic carbocycles. The highest BCUT2D eigenvalue weighted by Crippen LogP contribution is 2.37. The van der Waals surface area contributed by atoms with E-state index in [2.05, 4.69) is 10.5 Å². The predicted octanol–water partition coefficient (Wildman–Crippen LogP) is 2.61. The van der Waals surface area contributed by atoms with Crippen molar-refractivity contribution in [3.05, 3.63) is 34.7 Å². The molecule has 7 heteroatoms. The average Bonchev–Trinajstić information content (AvgIpc) is 3.10. The number of ether oxygens (including phenoxy) is 2. The second-order valence-electron chi connectivity index (χ2n) is 5.39. The number of fused-ring (bicyclic) bond motifs is 1. The molecule has 0 fully saturated rings. The van der Waals surface area contributed by atoms with E-state index in [0.717, 1.165) is 11.3 Å². The van der Waals surface area contributed by atoms with E-state index in [1.165, 1.54) is 12.1 Å². The Bertz CT molecular complexity index is 734. The summed E-state index contributed by atoms with van der Waals surface area (Å²) in [7, 11) is 0. The van der Waals surface area contributed by atoms with Gasteiger partial charge in [0.15, 0.2) is 11.5 Å². The summed E-state index contributed by atoms with van der Waals surface area (Å²) in [5.74, 6) is 0.993. The SMILES string of the molecule is CCC(NC(=O)c1cc2c(cc1O)OCO2)c1c(C)noc1C. The smallest absolute Gasteiger partial charge is 0.255 e. The highest BCUT2D eigenvalue weighted by Gasteiger charge is 2.25. The highest BCUT2D eigenvalue weighted by molar-refractivity contribution is 5.98. The molecule has 1 amide bonds. The Morgan fingerprint density at radius 3 is 2.65 bits per heavy atom. The number of nitrogens with zero attached hydrogens (tertiary/aromatic N) is 1. The molecule has 0 spiro atoms. The molecule has 1 unspecified atom stereocenters. The zero-order valence-corrected chi connectivity index (χ0v) is 13.2. The summed E-state index contributed by atoms with van der Waals surface area (Å²) in [6.07, 6.45) is 0.667. The first kappa shape index (κ1) is 15.2. The van der Waals surface area contributed by atoms with Crippen LogP contribution in [0.2, 0.25) is 0 Å². The van der Waals surface area contributed by atoms with Gasteiger partial charge in [-0.05, 0) is 20.3 Å². The number of carbonyl (C=O) groups is 1. The van der Waals surface area contributed by atoms with Crippen molar-refractivity contribution in [1.29, 1.82) is 0 Å². The van der Waals surface area contributed by atoms with E-state index < -0.39 is 5.91 Å². The van der Waals surface area contributed by atoms with Crippen molar-refractivity contribution >= 4 is 5.91 Å². The molecule has 2 N–H and O–H groups in total. The van der Waals surface area contributed by atoms with E-state index >= 15 is 0 Å². The number of aryl methyl sites for hydroxylation is 2. The zero-order chi connectivity index (χ0) is 16.6. The van der Waals surface area contributed by atoms with Crippen LogP contribution in [0.15, 0.2) is 16.7 Å². The third-order valence-corrected chi connectivity index (χ3v) is 3.89. The van der Waals surface area contributed by atoms with E-state index in [1.54, 1.807) is 0 Å². The number of benzene rings is 1. The summed E-state index contributed by atoms with van der Waals surface area (Å²) in [6, 6.07) is 2.61. The minimum atomic E-state index is -0.396. The average molecular weight is 318 g/mol. The fraction of sp³-hybridized carbons (Fsp3) is 0.375. The number of carbonyl (C=O) groups excluding carboxylic acids is 1. The minimum absolute atomic E-state index is 0.0799. The molecular weight excluding hydrogens is 300 g/mol. The Hall–Kier alpha value is -2.70. The molecule has 3 rings (SSSR count). The van der Waals surface area contributed by atoms with Crippen LogP contribution in [0.25, 0.3) is 0 Å². The molecule has 23 heavy (non-hydrogen) atoms. The number of aromatic hydroxyl groups is 1. The first-order chi connectivity index (χ1) is 11.0. The molecular formula is C16H18N2O5. The van der Waals surface area contributed by atoms with Gasteiger partial charge in [-0.2, -0.15) is 0 Å². The molecule has 122 valence electrons. The zero-order valence-electron chi connectivity index (χ0n) is 13.2. The molecule has 2 aromatic rings. The molecule has 0 saturated heterocycles. The summed E-state index contributed by atoms with van der Waals surface area (Å²) in [5.41, 5.74) is 1.74. The number of phenols is 1. The number of nitrogens with one attached hydrogen (secondary N) is 1. The summed E-state index contributed by atoms with van der Waals surface area (Å²) < 4.78 is 15.6. The third kappa shape index (κ3) is 2.69. The normalized spacial score (nSPS) is 13.9. The predicted molar refractivity (Wildman–Crippen MR) is 80.7 cm³/mol. The lowest BCUT2D eigenvalue weighted by molar-refractivity contribution is 0.0932. The van der Waals surface area contributed by atoms with Gasteiger partial charge in [0.2, 0.25) is 6.79 Å². The van der Waals surface area contributed by atoms with Gasteiger partial charge in [-0.1, -0.05) is 12.1 Å². The van der Waals surface area contributed by atoms with Crippen molar-refractivity contribution in [2.45, 2.75) is 33.2 Å². The number of hydrogen-bond acceptors (Lipinski definition) is 6. The van der Waals surface area contributed by atoms with Crippen molar-refractivity contribution in [2.75, 3.05) is 6.79 Å². The van der Waals surface area contributed by atoms with E-state index in [0.29, 0.717) is 23.7 Å². The maximum Gasteiger partial charge on any atom is 0.255 e. The van der Waals surface area contributed by atoms with Gasteiger partial charge in [-0.15, -0.1) is 0 Å². The minimum Gasteiger partial charge on any atom is -0.507 e. The van der Waals surface area contributed by atoms with Crippen LogP contribution in [-0.2, 0) is 0 Å². The van der Waals surface area contributed by atoms with Gasteiger partial charge in [-0.3, -0.25) is 4.79 Å². The first-order valence-electron chi connectivity index (χ1n) is 7.37. The Labute approximate surface area is 133 Å². The van der Waals surface area contributed by atoms with Gasteiger partial charge in [0.1, 0.15) is 11.5 Å². The Morgan fingerprint density at radius 1 is 1.35 bits per heavy atom. The second kappa shape index (κ2) is 5.83. The van der Waals surface area contributed by atoms with Gasteiger partial charge < -0.3 is 24.4 Å². The van der Waals surface area contributed by atoms with Crippen molar-refractivity contribution in [3.8, 4) is 17.2 Å². The van der Waals surface area contributed by atoms with Crippen LogP contribution in [0.3, 0.4) is 0 Å². The Balaban J connectivity index is 1.86. The quantitative estimate of drug-likeness (QED) is 0.900. The second-order valence-corrected chi connectivity index (χ2v) is 5.39. The van der Waals surface area contributed by atoms with Crippen LogP contribution in [-0.4, -0.2) is 23.0 Å². The lowest BCUT2D eigenvalue weighted by Gasteiger charge is -2.17. The van der Waals surface area contributed by atoms with E-state index in [9.17, 15) is 9.90 Å². The number of phenolic OH excluding ortho intramolecular Hbond substituents is 1.